The molecule has 3 N–H and O–H groups in total. The number of nitrogens with zero attached hydrogens (tertiary/aromatic N) is 1. The van der Waals surface area contributed by atoms with Gasteiger partial charge in [-0.1, -0.05) is 36.4 Å². The van der Waals surface area contributed by atoms with Crippen molar-refractivity contribution in [2.45, 2.75) is 29.9 Å². The SMILES string of the molecule is O=C1CS(=O)(=O)c2ccc(CC(=O)N[C@H](CN3CC[C@H](O)C3)c3ccccc3)cc2N1.S.S. The van der Waals surface area contributed by atoms with Crippen LogP contribution in [0, 0.1) is 0 Å². The van der Waals surface area contributed by atoms with E-state index in [0.29, 0.717) is 18.7 Å². The normalized spacial score (nSPS) is 19.9. The number of aliphatic hydroxyl groups is 1. The van der Waals surface area contributed by atoms with Crippen LogP contribution in [-0.2, 0) is 25.8 Å². The Morgan fingerprint density at radius 3 is 2.58 bits per heavy atom. The molecule has 2 aromatic rings. The Kier molecular flexibility index (Phi) is 9.38. The van der Waals surface area contributed by atoms with Crippen LogP contribution >= 0.6 is 27.0 Å². The van der Waals surface area contributed by atoms with E-state index in [1.54, 1.807) is 6.07 Å². The van der Waals surface area contributed by atoms with Gasteiger partial charge in [0.2, 0.25) is 11.8 Å². The van der Waals surface area contributed by atoms with Crippen LogP contribution in [0.1, 0.15) is 23.6 Å². The predicted molar refractivity (Wildman–Crippen MR) is 136 cm³/mol. The molecule has 2 aromatic carbocycles. The average Bonchev–Trinajstić information content (AvgIpc) is 3.11. The topological polar surface area (TPSA) is 116 Å². The molecule has 1 fully saturated rings. The zero-order valence-electron chi connectivity index (χ0n) is 18.0. The first-order chi connectivity index (χ1) is 14.8. The summed E-state index contributed by atoms with van der Waals surface area (Å²) in [4.78, 5) is 26.7. The molecule has 2 heterocycles. The van der Waals surface area contributed by atoms with E-state index >= 15 is 0 Å². The summed E-state index contributed by atoms with van der Waals surface area (Å²) >= 11 is 0. The van der Waals surface area contributed by atoms with Crippen LogP contribution in [0.15, 0.2) is 53.4 Å². The van der Waals surface area contributed by atoms with E-state index in [4.69, 9.17) is 0 Å². The van der Waals surface area contributed by atoms with Crippen molar-refractivity contribution in [2.75, 3.05) is 30.7 Å². The molecule has 8 nitrogen and oxygen atoms in total. The van der Waals surface area contributed by atoms with Gasteiger partial charge in [0.05, 0.1) is 29.1 Å². The van der Waals surface area contributed by atoms with Gasteiger partial charge in [0.25, 0.3) is 0 Å². The molecule has 0 aliphatic carbocycles. The molecule has 0 radical (unpaired) electrons. The quantitative estimate of drug-likeness (QED) is 0.535. The number of hydrogen-bond donors (Lipinski definition) is 3. The number of aliphatic hydroxyl groups excluding tert-OH is 1. The second kappa shape index (κ2) is 11.4. The van der Waals surface area contributed by atoms with Crippen molar-refractivity contribution in [1.82, 2.24) is 10.2 Å². The summed E-state index contributed by atoms with van der Waals surface area (Å²) in [6, 6.07) is 14.0. The van der Waals surface area contributed by atoms with E-state index in [2.05, 4.69) is 15.5 Å². The second-order valence-electron chi connectivity index (χ2n) is 8.05. The van der Waals surface area contributed by atoms with E-state index < -0.39 is 21.5 Å². The lowest BCUT2D eigenvalue weighted by atomic mass is 10.1. The van der Waals surface area contributed by atoms with Gasteiger partial charge in [-0.2, -0.15) is 27.0 Å². The van der Waals surface area contributed by atoms with Gasteiger partial charge in [-0.15, -0.1) is 0 Å². The van der Waals surface area contributed by atoms with Crippen LogP contribution in [0.5, 0.6) is 0 Å². The second-order valence-corrected chi connectivity index (χ2v) is 10.0. The first-order valence-corrected chi connectivity index (χ1v) is 11.9. The highest BCUT2D eigenvalue weighted by molar-refractivity contribution is 7.92. The van der Waals surface area contributed by atoms with Gasteiger partial charge in [-0.05, 0) is 29.7 Å². The molecule has 2 aliphatic rings. The number of likely N-dealkylation sites (tertiary alicyclic amines) is 1. The maximum Gasteiger partial charge on any atom is 0.239 e. The predicted octanol–water partition coefficient (Wildman–Crippen LogP) is 1.10. The Bertz CT molecular complexity index is 1100. The number of β-amino-alcohol motifs (C(OH)–C–C–N with tert-alkyl or cyclic N) is 1. The van der Waals surface area contributed by atoms with Crippen LogP contribution < -0.4 is 10.6 Å². The van der Waals surface area contributed by atoms with Gasteiger partial charge in [0.1, 0.15) is 5.75 Å². The summed E-state index contributed by atoms with van der Waals surface area (Å²) in [6.07, 6.45) is 0.433. The van der Waals surface area contributed by atoms with Crippen LogP contribution in [0.4, 0.5) is 5.69 Å². The third kappa shape index (κ3) is 6.73. The van der Waals surface area contributed by atoms with Gasteiger partial charge >= 0.3 is 0 Å². The first kappa shape index (κ1) is 27.2. The molecular weight excluding hydrogens is 482 g/mol. The molecule has 2 amide bonds. The number of sulfone groups is 1. The molecule has 1 saturated heterocycles. The standard InChI is InChI=1S/C22H25N3O5S.2H2S/c26-17-8-9-25(12-17)13-19(16-4-2-1-3-5-16)24-21(27)11-15-6-7-20-18(10-15)23-22(28)14-31(20,29)30;;/h1-7,10,17,19,26H,8-9,11-14H2,(H,23,28)(H,24,27);2*1H2/t17-,19+;;/m0../s1. The smallest absolute Gasteiger partial charge is 0.239 e. The molecule has 11 heteroatoms. The monoisotopic (exact) mass is 511 g/mol. The van der Waals surface area contributed by atoms with Crippen molar-refractivity contribution in [2.24, 2.45) is 0 Å². The van der Waals surface area contributed by atoms with Crippen LogP contribution in [0.3, 0.4) is 0 Å². The molecule has 0 aromatic heterocycles. The van der Waals surface area contributed by atoms with Crippen molar-refractivity contribution < 1.29 is 23.1 Å². The maximum absolute atomic E-state index is 12.8. The fourth-order valence-electron chi connectivity index (χ4n) is 4.08. The van der Waals surface area contributed by atoms with Gasteiger partial charge in [0, 0.05) is 19.6 Å². The van der Waals surface area contributed by atoms with E-state index in [1.165, 1.54) is 12.1 Å². The average molecular weight is 512 g/mol. The van der Waals surface area contributed by atoms with Gasteiger partial charge in [-0.25, -0.2) is 8.42 Å². The Hall–Kier alpha value is -2.05. The Morgan fingerprint density at radius 1 is 1.18 bits per heavy atom. The van der Waals surface area contributed by atoms with Crippen LogP contribution in [-0.4, -0.2) is 61.7 Å². The van der Waals surface area contributed by atoms with E-state index in [9.17, 15) is 23.1 Å². The zero-order valence-corrected chi connectivity index (χ0v) is 20.8. The molecule has 0 bridgehead atoms. The molecule has 0 unspecified atom stereocenters. The number of rotatable bonds is 6. The van der Waals surface area contributed by atoms with Crippen molar-refractivity contribution in [3.05, 3.63) is 59.7 Å². The number of fused-ring (bicyclic) bond motifs is 1. The van der Waals surface area contributed by atoms with Crippen molar-refractivity contribution in [3.63, 3.8) is 0 Å². The Labute approximate surface area is 207 Å². The molecule has 0 saturated carbocycles. The zero-order chi connectivity index (χ0) is 22.0. The van der Waals surface area contributed by atoms with E-state index in [1.807, 2.05) is 30.3 Å². The number of nitrogens with one attached hydrogen (secondary N) is 2. The number of benzene rings is 2. The summed E-state index contributed by atoms with van der Waals surface area (Å²) in [5, 5.41) is 15.4. The van der Waals surface area contributed by atoms with Gasteiger partial charge in [0.15, 0.2) is 9.84 Å². The van der Waals surface area contributed by atoms with Crippen molar-refractivity contribution in [1.29, 1.82) is 0 Å². The highest BCUT2D eigenvalue weighted by atomic mass is 32.2. The minimum atomic E-state index is -3.65. The summed E-state index contributed by atoms with van der Waals surface area (Å²) < 4.78 is 24.3. The minimum absolute atomic E-state index is 0. The molecular formula is C22H29N3O5S3. The van der Waals surface area contributed by atoms with Crippen molar-refractivity contribution in [3.8, 4) is 0 Å². The summed E-state index contributed by atoms with van der Waals surface area (Å²) in [5.74, 6) is -1.35. The Balaban J connectivity index is 0.00000193. The van der Waals surface area contributed by atoms with Crippen molar-refractivity contribution >= 4 is 54.3 Å². The molecule has 2 aliphatic heterocycles. The Morgan fingerprint density at radius 2 is 1.91 bits per heavy atom. The fraction of sp³-hybridized carbons (Fsp3) is 0.364. The molecule has 4 rings (SSSR count). The molecule has 180 valence electrons. The highest BCUT2D eigenvalue weighted by Crippen LogP contribution is 2.28. The lowest BCUT2D eigenvalue weighted by Crippen LogP contribution is -2.38. The summed E-state index contributed by atoms with van der Waals surface area (Å²) in [6.45, 7) is 1.95. The largest absolute Gasteiger partial charge is 0.392 e. The fourth-order valence-corrected chi connectivity index (χ4v) is 5.37. The first-order valence-electron chi connectivity index (χ1n) is 10.2. The van der Waals surface area contributed by atoms with E-state index in [0.717, 1.165) is 18.5 Å². The third-order valence-electron chi connectivity index (χ3n) is 5.56. The number of carbonyl (C=O) groups excluding carboxylic acids is 2. The van der Waals surface area contributed by atoms with Crippen LogP contribution in [0.2, 0.25) is 0 Å². The molecule has 0 spiro atoms. The lowest BCUT2D eigenvalue weighted by Gasteiger charge is -2.25. The number of amides is 2. The number of hydrogen-bond acceptors (Lipinski definition) is 6. The third-order valence-corrected chi connectivity index (χ3v) is 7.23. The van der Waals surface area contributed by atoms with Crippen LogP contribution in [0.25, 0.3) is 0 Å². The van der Waals surface area contributed by atoms with Gasteiger partial charge < -0.3 is 15.7 Å². The number of anilines is 1. The lowest BCUT2D eigenvalue weighted by molar-refractivity contribution is -0.121. The summed E-state index contributed by atoms with van der Waals surface area (Å²) in [7, 11) is -3.65. The summed E-state index contributed by atoms with van der Waals surface area (Å²) in [5.41, 5.74) is 1.80. The number of carbonyl (C=O) groups is 2. The minimum Gasteiger partial charge on any atom is -0.392 e. The maximum atomic E-state index is 12.8. The van der Waals surface area contributed by atoms with E-state index in [-0.39, 0.29) is 62.0 Å². The molecule has 2 atom stereocenters. The molecule has 33 heavy (non-hydrogen) atoms. The highest BCUT2D eigenvalue weighted by Gasteiger charge is 2.29. The van der Waals surface area contributed by atoms with Gasteiger partial charge in [-0.3, -0.25) is 14.5 Å².